The van der Waals surface area contributed by atoms with Crippen molar-refractivity contribution in [2.45, 2.75) is 11.8 Å². The Morgan fingerprint density at radius 1 is 0.972 bits per heavy atom. The first kappa shape index (κ1) is 23.8. The summed E-state index contributed by atoms with van der Waals surface area (Å²) in [5.41, 5.74) is 2.85. The van der Waals surface area contributed by atoms with E-state index in [0.29, 0.717) is 28.6 Å². The second-order valence-corrected chi connectivity index (χ2v) is 10.9. The number of hydrogen-bond donors (Lipinski definition) is 1. The van der Waals surface area contributed by atoms with Crippen LogP contribution >= 0.6 is 11.6 Å². The minimum absolute atomic E-state index is 0.178. The number of terminal acetylenes is 1. The fraction of sp³-hybridized carbons (Fsp3) is 0.103. The molecule has 0 aliphatic rings. The van der Waals surface area contributed by atoms with Gasteiger partial charge in [0.1, 0.15) is 5.82 Å². The maximum Gasteiger partial charge on any atom is 0.269 e. The van der Waals surface area contributed by atoms with Crippen molar-refractivity contribution in [3.8, 4) is 12.3 Å². The van der Waals surface area contributed by atoms with Crippen LogP contribution < -0.4 is 10.2 Å². The molecule has 1 aromatic heterocycles. The highest BCUT2D eigenvalue weighted by Crippen LogP contribution is 2.42. The maximum atomic E-state index is 14.1. The van der Waals surface area contributed by atoms with Crippen molar-refractivity contribution in [1.82, 2.24) is 3.97 Å². The highest BCUT2D eigenvalue weighted by Gasteiger charge is 2.29. The molecule has 0 aliphatic heterocycles. The van der Waals surface area contributed by atoms with Gasteiger partial charge in [-0.3, -0.25) is 0 Å². The van der Waals surface area contributed by atoms with Crippen LogP contribution in [0.2, 0.25) is 5.02 Å². The van der Waals surface area contributed by atoms with Crippen LogP contribution in [0.25, 0.3) is 21.7 Å². The molecule has 0 saturated heterocycles. The van der Waals surface area contributed by atoms with E-state index in [4.69, 9.17) is 18.0 Å². The zero-order chi connectivity index (χ0) is 25.4. The molecule has 180 valence electrons. The Morgan fingerprint density at radius 3 is 2.42 bits per heavy atom. The molecule has 5 aromatic rings. The van der Waals surface area contributed by atoms with E-state index in [9.17, 15) is 8.42 Å². The summed E-state index contributed by atoms with van der Waals surface area (Å²) >= 11 is 6.36. The van der Waals surface area contributed by atoms with Crippen molar-refractivity contribution in [1.29, 1.82) is 0 Å². The van der Waals surface area contributed by atoms with E-state index in [2.05, 4.69) is 11.2 Å². The molecule has 0 spiro atoms. The van der Waals surface area contributed by atoms with Crippen LogP contribution in [0.15, 0.2) is 89.8 Å². The number of hydrogen-bond acceptors (Lipinski definition) is 4. The highest BCUT2D eigenvalue weighted by atomic mass is 35.5. The summed E-state index contributed by atoms with van der Waals surface area (Å²) in [6, 6.07) is 26.0. The van der Waals surface area contributed by atoms with Crippen molar-refractivity contribution in [3.05, 3.63) is 95.5 Å². The summed E-state index contributed by atoms with van der Waals surface area (Å²) in [6.45, 7) is 2.21. The lowest BCUT2D eigenvalue weighted by molar-refractivity contribution is 0.589. The SMILES string of the molecule is C#CCN(C)c1c(Nc2ccc3ccccc3c2)n(S(=O)(=O)c2ccc(C)cc2)c2cc(Cl)ccc12. The molecule has 0 unspecified atom stereocenters. The minimum atomic E-state index is -4.00. The molecule has 5 rings (SSSR count). The fourth-order valence-corrected chi connectivity index (χ4v) is 6.04. The summed E-state index contributed by atoms with van der Waals surface area (Å²) in [5.74, 6) is 3.05. The second-order valence-electron chi connectivity index (χ2n) is 8.69. The first-order valence-electron chi connectivity index (χ1n) is 11.4. The number of rotatable bonds is 6. The molecular weight excluding hydrogens is 490 g/mol. The zero-order valence-corrected chi connectivity index (χ0v) is 21.4. The van der Waals surface area contributed by atoms with Gasteiger partial charge in [0.05, 0.1) is 22.6 Å². The van der Waals surface area contributed by atoms with E-state index in [1.807, 2.05) is 67.4 Å². The molecule has 0 radical (unpaired) electrons. The molecular formula is C29H24ClN3O2S. The smallest absolute Gasteiger partial charge is 0.269 e. The third kappa shape index (κ3) is 4.17. The van der Waals surface area contributed by atoms with Gasteiger partial charge >= 0.3 is 0 Å². The normalized spacial score (nSPS) is 11.5. The van der Waals surface area contributed by atoms with Gasteiger partial charge in [0, 0.05) is 23.1 Å². The Kier molecular flexibility index (Phi) is 6.13. The Hall–Kier alpha value is -3.92. The molecule has 4 aromatic carbocycles. The number of fused-ring (bicyclic) bond motifs is 2. The molecule has 7 heteroatoms. The lowest BCUT2D eigenvalue weighted by Crippen LogP contribution is -2.20. The van der Waals surface area contributed by atoms with Crippen molar-refractivity contribution in [2.75, 3.05) is 23.8 Å². The molecule has 0 saturated carbocycles. The Bertz CT molecular complexity index is 1750. The van der Waals surface area contributed by atoms with Crippen LogP contribution in [0.1, 0.15) is 5.56 Å². The van der Waals surface area contributed by atoms with E-state index < -0.39 is 10.0 Å². The Balaban J connectivity index is 1.81. The van der Waals surface area contributed by atoms with Gasteiger partial charge in [-0.05, 0) is 60.2 Å². The summed E-state index contributed by atoms with van der Waals surface area (Å²) < 4.78 is 29.5. The molecule has 0 amide bonds. The number of anilines is 3. The quantitative estimate of drug-likeness (QED) is 0.253. The maximum absolute atomic E-state index is 14.1. The van der Waals surface area contributed by atoms with Gasteiger partial charge in [0.15, 0.2) is 0 Å². The van der Waals surface area contributed by atoms with Gasteiger partial charge in [-0.25, -0.2) is 12.4 Å². The fourth-order valence-electron chi connectivity index (χ4n) is 4.40. The van der Waals surface area contributed by atoms with E-state index in [1.54, 1.807) is 36.4 Å². The highest BCUT2D eigenvalue weighted by molar-refractivity contribution is 7.90. The van der Waals surface area contributed by atoms with Gasteiger partial charge in [-0.2, -0.15) is 0 Å². The monoisotopic (exact) mass is 513 g/mol. The molecule has 1 heterocycles. The number of nitrogens with one attached hydrogen (secondary N) is 1. The van der Waals surface area contributed by atoms with Gasteiger partial charge in [0.25, 0.3) is 10.0 Å². The van der Waals surface area contributed by atoms with Crippen LogP contribution in [0.4, 0.5) is 17.2 Å². The zero-order valence-electron chi connectivity index (χ0n) is 19.9. The number of aryl methyl sites for hydroxylation is 1. The minimum Gasteiger partial charge on any atom is -0.360 e. The predicted octanol–water partition coefficient (Wildman–Crippen LogP) is 6.81. The molecule has 0 aliphatic carbocycles. The lowest BCUT2D eigenvalue weighted by atomic mass is 10.1. The van der Waals surface area contributed by atoms with E-state index in [1.165, 1.54) is 3.97 Å². The van der Waals surface area contributed by atoms with Crippen LogP contribution in [0, 0.1) is 19.3 Å². The van der Waals surface area contributed by atoms with Gasteiger partial charge in [-0.15, -0.1) is 6.42 Å². The first-order chi connectivity index (χ1) is 17.3. The molecule has 0 bridgehead atoms. The van der Waals surface area contributed by atoms with E-state index in [-0.39, 0.29) is 4.90 Å². The number of aromatic nitrogens is 1. The molecule has 1 N–H and O–H groups in total. The molecule has 5 nitrogen and oxygen atoms in total. The number of nitrogens with zero attached hydrogens (tertiary/aromatic N) is 2. The van der Waals surface area contributed by atoms with Crippen molar-refractivity contribution < 1.29 is 8.42 Å². The van der Waals surface area contributed by atoms with Crippen LogP contribution in [0.5, 0.6) is 0 Å². The standard InChI is InChI=1S/C29H24ClN3O2S/c1-4-17-32(3)28-26-16-12-23(30)19-27(26)33(36(34,35)25-14-9-20(2)10-15-25)29(28)31-24-13-11-21-7-5-6-8-22(21)18-24/h1,5-16,18-19,31H,17H2,2-3H3. The largest absolute Gasteiger partial charge is 0.360 e. The lowest BCUT2D eigenvalue weighted by Gasteiger charge is -2.20. The summed E-state index contributed by atoms with van der Waals surface area (Å²) in [4.78, 5) is 2.04. The van der Waals surface area contributed by atoms with Gasteiger partial charge in [-0.1, -0.05) is 65.5 Å². The van der Waals surface area contributed by atoms with E-state index in [0.717, 1.165) is 27.4 Å². The number of benzene rings is 4. The van der Waals surface area contributed by atoms with Crippen molar-refractivity contribution in [2.24, 2.45) is 0 Å². The van der Waals surface area contributed by atoms with E-state index >= 15 is 0 Å². The van der Waals surface area contributed by atoms with Crippen LogP contribution in [-0.4, -0.2) is 26.0 Å². The Labute approximate surface area is 216 Å². The van der Waals surface area contributed by atoms with Gasteiger partial charge in [0.2, 0.25) is 0 Å². The predicted molar refractivity (Wildman–Crippen MR) is 150 cm³/mol. The van der Waals surface area contributed by atoms with Crippen LogP contribution in [-0.2, 0) is 10.0 Å². The summed E-state index contributed by atoms with van der Waals surface area (Å²) in [7, 11) is -2.16. The second kappa shape index (κ2) is 9.27. The molecule has 0 fully saturated rings. The third-order valence-corrected chi connectivity index (χ3v) is 8.11. The molecule has 36 heavy (non-hydrogen) atoms. The average Bonchev–Trinajstić information content (AvgIpc) is 3.17. The average molecular weight is 514 g/mol. The summed E-state index contributed by atoms with van der Waals surface area (Å²) in [5, 5.41) is 6.68. The van der Waals surface area contributed by atoms with Gasteiger partial charge < -0.3 is 10.2 Å². The van der Waals surface area contributed by atoms with Crippen LogP contribution in [0.3, 0.4) is 0 Å². The number of halogens is 1. The van der Waals surface area contributed by atoms with Crippen molar-refractivity contribution >= 4 is 60.5 Å². The third-order valence-electron chi connectivity index (χ3n) is 6.14. The van der Waals surface area contributed by atoms with Crippen molar-refractivity contribution in [3.63, 3.8) is 0 Å². The Morgan fingerprint density at radius 2 is 1.69 bits per heavy atom. The molecule has 0 atom stereocenters. The topological polar surface area (TPSA) is 54.3 Å². The summed E-state index contributed by atoms with van der Waals surface area (Å²) in [6.07, 6.45) is 5.64. The first-order valence-corrected chi connectivity index (χ1v) is 13.2.